The maximum Gasteiger partial charge on any atom is 0.206 e. The molecule has 0 saturated carbocycles. The van der Waals surface area contributed by atoms with E-state index in [1.54, 1.807) is 0 Å². The van der Waals surface area contributed by atoms with Crippen LogP contribution >= 0.6 is 0 Å². The molecular weight excluding hydrogens is 346 g/mol. The molecule has 0 fully saturated rings. The molecule has 0 amide bonds. The Morgan fingerprint density at radius 2 is 2.07 bits per heavy atom. The Kier molecular flexibility index (Phi) is 9.83. The highest BCUT2D eigenvalue weighted by Crippen LogP contribution is 2.27. The van der Waals surface area contributed by atoms with Crippen LogP contribution in [0.3, 0.4) is 0 Å². The van der Waals surface area contributed by atoms with E-state index in [1.807, 2.05) is 7.05 Å². The first-order valence-electron chi connectivity index (χ1n) is 11.3. The topological polar surface area (TPSA) is 36.9 Å². The fraction of sp³-hybridized carbons (Fsp3) is 0.708. The third-order valence-electron chi connectivity index (χ3n) is 5.99. The molecule has 4 atom stereocenters. The van der Waals surface area contributed by atoms with E-state index in [2.05, 4.69) is 68.4 Å². The highest BCUT2D eigenvalue weighted by atomic mass is 16.5. The van der Waals surface area contributed by atoms with Crippen molar-refractivity contribution in [3.63, 3.8) is 0 Å². The molecule has 4 heteroatoms. The van der Waals surface area contributed by atoms with Crippen LogP contribution in [0, 0.1) is 17.8 Å². The first-order valence-corrected chi connectivity index (χ1v) is 11.3. The lowest BCUT2D eigenvalue weighted by atomic mass is 9.93. The van der Waals surface area contributed by atoms with Crippen molar-refractivity contribution >= 4 is 5.90 Å². The van der Waals surface area contributed by atoms with Crippen LogP contribution in [-0.4, -0.2) is 30.7 Å². The van der Waals surface area contributed by atoms with Crippen molar-refractivity contribution in [2.45, 2.75) is 78.8 Å². The Hall–Kier alpha value is -1.55. The highest BCUT2D eigenvalue weighted by molar-refractivity contribution is 5.77. The van der Waals surface area contributed by atoms with Crippen molar-refractivity contribution < 1.29 is 4.74 Å². The van der Waals surface area contributed by atoms with Crippen molar-refractivity contribution in [2.75, 3.05) is 13.7 Å². The summed E-state index contributed by atoms with van der Waals surface area (Å²) in [6.45, 7) is 9.98. The van der Waals surface area contributed by atoms with Gasteiger partial charge >= 0.3 is 0 Å². The third kappa shape index (κ3) is 6.80. The van der Waals surface area contributed by atoms with Gasteiger partial charge in [0, 0.05) is 12.3 Å². The Balaban J connectivity index is 2.05. The molecule has 1 aliphatic heterocycles. The van der Waals surface area contributed by atoms with E-state index in [0.29, 0.717) is 11.8 Å². The summed E-state index contributed by atoms with van der Waals surface area (Å²) < 4.78 is 6.29. The summed E-state index contributed by atoms with van der Waals surface area (Å²) in [4.78, 5) is 0. The molecule has 1 N–H and O–H groups in total. The molecule has 2 rings (SSSR count). The molecule has 0 spiro atoms. The van der Waals surface area contributed by atoms with E-state index in [9.17, 15) is 0 Å². The molecule has 0 aromatic heterocycles. The van der Waals surface area contributed by atoms with E-state index in [0.717, 1.165) is 37.0 Å². The van der Waals surface area contributed by atoms with Crippen molar-refractivity contribution in [3.05, 3.63) is 36.1 Å². The van der Waals surface area contributed by atoms with Crippen LogP contribution < -0.4 is 5.32 Å². The van der Waals surface area contributed by atoms with Crippen molar-refractivity contribution in [3.8, 4) is 0 Å². The molecule has 0 radical (unpaired) electrons. The molecular formula is C24H41N3O. The van der Waals surface area contributed by atoms with Crippen LogP contribution in [0.15, 0.2) is 41.2 Å². The Morgan fingerprint density at radius 1 is 1.25 bits per heavy atom. The van der Waals surface area contributed by atoms with E-state index in [4.69, 9.17) is 9.84 Å². The molecule has 1 heterocycles. The number of hydrogen-bond donors (Lipinski definition) is 1. The molecule has 0 aromatic rings. The number of ether oxygens (including phenoxy) is 1. The lowest BCUT2D eigenvalue weighted by Gasteiger charge is -2.38. The second-order valence-electron chi connectivity index (χ2n) is 8.47. The number of rotatable bonds is 10. The number of hydrogen-bond acceptors (Lipinski definition) is 4. The Bertz CT molecular complexity index is 578. The van der Waals surface area contributed by atoms with Gasteiger partial charge in [0.2, 0.25) is 5.90 Å². The van der Waals surface area contributed by atoms with Gasteiger partial charge in [0.15, 0.2) is 0 Å². The summed E-state index contributed by atoms with van der Waals surface area (Å²) in [5.41, 5.74) is 1.11. The number of allylic oxidation sites excluding steroid dienone is 5. The minimum absolute atomic E-state index is 0.187. The van der Waals surface area contributed by atoms with Crippen molar-refractivity contribution in [2.24, 2.45) is 22.9 Å². The molecule has 4 unspecified atom stereocenters. The average Bonchev–Trinajstić information content (AvgIpc) is 2.98. The predicted molar refractivity (Wildman–Crippen MR) is 120 cm³/mol. The minimum Gasteiger partial charge on any atom is -0.479 e. The lowest BCUT2D eigenvalue weighted by Crippen LogP contribution is -2.49. The lowest BCUT2D eigenvalue weighted by molar-refractivity contribution is 0.128. The van der Waals surface area contributed by atoms with Crippen LogP contribution in [0.1, 0.15) is 72.6 Å². The molecule has 158 valence electrons. The zero-order valence-electron chi connectivity index (χ0n) is 18.7. The van der Waals surface area contributed by atoms with E-state index >= 15 is 0 Å². The molecule has 2 aliphatic rings. The fourth-order valence-electron chi connectivity index (χ4n) is 3.94. The van der Waals surface area contributed by atoms with E-state index < -0.39 is 0 Å². The van der Waals surface area contributed by atoms with Crippen LogP contribution in [0.25, 0.3) is 0 Å². The van der Waals surface area contributed by atoms with Crippen LogP contribution in [0.5, 0.6) is 0 Å². The van der Waals surface area contributed by atoms with Crippen LogP contribution in [-0.2, 0) is 4.74 Å². The molecule has 1 aliphatic carbocycles. The number of nitrogens with zero attached hydrogens (tertiary/aromatic N) is 2. The van der Waals surface area contributed by atoms with Gasteiger partial charge in [0.1, 0.15) is 6.17 Å². The Morgan fingerprint density at radius 3 is 2.79 bits per heavy atom. The standard InChI is InChI=1S/C24H41N3O/c1-6-12-21(16-15-19(3)7-2)18-28-23-17-20(4)24(25-5)27(26-23)22-13-10-8-9-11-14-22/h8,10-11,13-14,19-21,24-25H,6-7,9,12,15-18H2,1-5H3. The van der Waals surface area contributed by atoms with Gasteiger partial charge in [-0.05, 0) is 50.3 Å². The van der Waals surface area contributed by atoms with Crippen molar-refractivity contribution in [1.29, 1.82) is 0 Å². The van der Waals surface area contributed by atoms with Gasteiger partial charge in [0.25, 0.3) is 0 Å². The summed E-state index contributed by atoms with van der Waals surface area (Å²) in [7, 11) is 2.01. The smallest absolute Gasteiger partial charge is 0.206 e. The van der Waals surface area contributed by atoms with Gasteiger partial charge < -0.3 is 4.74 Å². The van der Waals surface area contributed by atoms with Gasteiger partial charge in [-0.2, -0.15) is 0 Å². The van der Waals surface area contributed by atoms with Gasteiger partial charge in [-0.1, -0.05) is 65.2 Å². The predicted octanol–water partition coefficient (Wildman–Crippen LogP) is 5.85. The van der Waals surface area contributed by atoms with Gasteiger partial charge in [-0.3, -0.25) is 5.32 Å². The molecule has 28 heavy (non-hydrogen) atoms. The minimum atomic E-state index is 0.187. The zero-order chi connectivity index (χ0) is 20.4. The molecule has 0 saturated heterocycles. The van der Waals surface area contributed by atoms with Gasteiger partial charge in [-0.25, -0.2) is 5.01 Å². The Labute approximate surface area is 172 Å². The SMILES string of the molecule is CCCC(CCC(C)CC)COC1=NN(C2=CC=CCC=C2)C(NC)C(C)C1. The average molecular weight is 388 g/mol. The maximum absolute atomic E-state index is 6.29. The van der Waals surface area contributed by atoms with Crippen LogP contribution in [0.4, 0.5) is 0 Å². The molecule has 0 bridgehead atoms. The molecule has 4 nitrogen and oxygen atoms in total. The summed E-state index contributed by atoms with van der Waals surface area (Å²) in [6, 6.07) is 0. The zero-order valence-corrected chi connectivity index (χ0v) is 18.7. The normalized spacial score (nSPS) is 24.4. The maximum atomic E-state index is 6.29. The summed E-state index contributed by atoms with van der Waals surface area (Å²) >= 11 is 0. The summed E-state index contributed by atoms with van der Waals surface area (Å²) in [6.07, 6.45) is 19.1. The van der Waals surface area contributed by atoms with Crippen LogP contribution in [0.2, 0.25) is 0 Å². The second-order valence-corrected chi connectivity index (χ2v) is 8.47. The number of nitrogens with one attached hydrogen (secondary N) is 1. The fourth-order valence-corrected chi connectivity index (χ4v) is 3.94. The van der Waals surface area contributed by atoms with Gasteiger partial charge in [-0.15, -0.1) is 5.10 Å². The highest BCUT2D eigenvalue weighted by Gasteiger charge is 2.31. The first-order chi connectivity index (χ1) is 13.6. The molecule has 0 aromatic carbocycles. The first kappa shape index (κ1) is 22.7. The largest absolute Gasteiger partial charge is 0.479 e. The van der Waals surface area contributed by atoms with E-state index in [1.165, 1.54) is 32.1 Å². The summed E-state index contributed by atoms with van der Waals surface area (Å²) in [5.74, 6) is 2.75. The van der Waals surface area contributed by atoms with E-state index in [-0.39, 0.29) is 6.17 Å². The monoisotopic (exact) mass is 387 g/mol. The number of hydrazone groups is 1. The van der Waals surface area contributed by atoms with Gasteiger partial charge in [0.05, 0.1) is 12.3 Å². The third-order valence-corrected chi connectivity index (χ3v) is 5.99. The summed E-state index contributed by atoms with van der Waals surface area (Å²) in [5, 5.41) is 10.4. The quantitative estimate of drug-likeness (QED) is 0.511. The van der Waals surface area contributed by atoms with Crippen molar-refractivity contribution in [1.82, 2.24) is 10.3 Å². The second kappa shape index (κ2) is 12.1.